The van der Waals surface area contributed by atoms with E-state index in [1.807, 2.05) is 44.2 Å². The van der Waals surface area contributed by atoms with Gasteiger partial charge in [-0.25, -0.2) is 13.4 Å². The SMILES string of the molecule is Cc1nc(NC(=O)c2cc(-c3ccccc3)n([C@H]3CCS(=O)(=O)C3)n2)sc1C. The second-order valence-corrected chi connectivity index (χ2v) is 10.3. The van der Waals surface area contributed by atoms with Gasteiger partial charge in [-0.15, -0.1) is 11.3 Å². The van der Waals surface area contributed by atoms with E-state index in [9.17, 15) is 13.2 Å². The maximum atomic E-state index is 12.7. The van der Waals surface area contributed by atoms with Crippen LogP contribution in [0.5, 0.6) is 0 Å². The highest BCUT2D eigenvalue weighted by Gasteiger charge is 2.32. The second kappa shape index (κ2) is 7.14. The molecule has 7 nitrogen and oxygen atoms in total. The number of aryl methyl sites for hydroxylation is 2. The van der Waals surface area contributed by atoms with Crippen LogP contribution in [0.1, 0.15) is 33.5 Å². The summed E-state index contributed by atoms with van der Waals surface area (Å²) >= 11 is 1.41. The van der Waals surface area contributed by atoms with Crippen LogP contribution in [-0.2, 0) is 9.84 Å². The highest BCUT2D eigenvalue weighted by Crippen LogP contribution is 2.30. The number of nitrogens with zero attached hydrogens (tertiary/aromatic N) is 3. The fourth-order valence-corrected chi connectivity index (χ4v) is 5.77. The predicted octanol–water partition coefficient (Wildman–Crippen LogP) is 3.24. The summed E-state index contributed by atoms with van der Waals surface area (Å²) in [6.45, 7) is 3.84. The molecule has 1 saturated heterocycles. The van der Waals surface area contributed by atoms with Crippen LogP contribution in [0.2, 0.25) is 0 Å². The van der Waals surface area contributed by atoms with Crippen LogP contribution >= 0.6 is 11.3 Å². The summed E-state index contributed by atoms with van der Waals surface area (Å²) in [6, 6.07) is 11.0. The lowest BCUT2D eigenvalue weighted by Gasteiger charge is -2.13. The Balaban J connectivity index is 1.69. The highest BCUT2D eigenvalue weighted by molar-refractivity contribution is 7.91. The van der Waals surface area contributed by atoms with E-state index in [-0.39, 0.29) is 29.1 Å². The van der Waals surface area contributed by atoms with Crippen molar-refractivity contribution in [3.8, 4) is 11.3 Å². The second-order valence-electron chi connectivity index (χ2n) is 6.90. The number of sulfone groups is 1. The average Bonchev–Trinajstić information content (AvgIpc) is 3.33. The number of nitrogens with one attached hydrogen (secondary N) is 1. The molecule has 1 fully saturated rings. The molecule has 1 aliphatic rings. The van der Waals surface area contributed by atoms with E-state index in [0.29, 0.717) is 11.6 Å². The molecule has 4 rings (SSSR count). The van der Waals surface area contributed by atoms with Gasteiger partial charge in [-0.2, -0.15) is 5.10 Å². The lowest BCUT2D eigenvalue weighted by atomic mass is 10.1. The summed E-state index contributed by atoms with van der Waals surface area (Å²) in [7, 11) is -3.07. The Hall–Kier alpha value is -2.52. The molecule has 0 spiro atoms. The molecule has 0 unspecified atom stereocenters. The fraction of sp³-hybridized carbons (Fsp3) is 0.316. The molecule has 3 aromatic rings. The van der Waals surface area contributed by atoms with Gasteiger partial charge in [0.05, 0.1) is 28.9 Å². The van der Waals surface area contributed by atoms with Crippen molar-refractivity contribution in [1.82, 2.24) is 14.8 Å². The van der Waals surface area contributed by atoms with E-state index in [2.05, 4.69) is 15.4 Å². The van der Waals surface area contributed by atoms with E-state index >= 15 is 0 Å². The third kappa shape index (κ3) is 3.72. The molecule has 146 valence electrons. The zero-order chi connectivity index (χ0) is 19.9. The van der Waals surface area contributed by atoms with E-state index in [4.69, 9.17) is 0 Å². The molecule has 2 aromatic heterocycles. The Morgan fingerprint density at radius 1 is 1.25 bits per heavy atom. The zero-order valence-electron chi connectivity index (χ0n) is 15.5. The maximum Gasteiger partial charge on any atom is 0.277 e. The van der Waals surface area contributed by atoms with E-state index in [1.165, 1.54) is 11.3 Å². The van der Waals surface area contributed by atoms with Crippen LogP contribution in [-0.4, -0.2) is 40.6 Å². The lowest BCUT2D eigenvalue weighted by molar-refractivity contribution is 0.102. The van der Waals surface area contributed by atoms with Gasteiger partial charge in [0, 0.05) is 4.88 Å². The first-order chi connectivity index (χ1) is 13.3. The van der Waals surface area contributed by atoms with Crippen molar-refractivity contribution in [2.45, 2.75) is 26.3 Å². The average molecular weight is 417 g/mol. The number of anilines is 1. The number of amides is 1. The van der Waals surface area contributed by atoms with Gasteiger partial charge >= 0.3 is 0 Å². The Kier molecular flexibility index (Phi) is 4.80. The Morgan fingerprint density at radius 2 is 2.00 bits per heavy atom. The topological polar surface area (TPSA) is 94.0 Å². The van der Waals surface area contributed by atoms with Gasteiger partial charge in [0.15, 0.2) is 20.7 Å². The summed E-state index contributed by atoms with van der Waals surface area (Å²) < 4.78 is 25.6. The molecule has 1 N–H and O–H groups in total. The maximum absolute atomic E-state index is 12.7. The van der Waals surface area contributed by atoms with Gasteiger partial charge < -0.3 is 0 Å². The van der Waals surface area contributed by atoms with Gasteiger partial charge in [-0.1, -0.05) is 30.3 Å². The molecule has 1 aromatic carbocycles. The van der Waals surface area contributed by atoms with Gasteiger partial charge in [-0.3, -0.25) is 14.8 Å². The van der Waals surface area contributed by atoms with Crippen LogP contribution in [0, 0.1) is 13.8 Å². The number of aromatic nitrogens is 3. The number of rotatable bonds is 4. The van der Waals surface area contributed by atoms with Crippen molar-refractivity contribution < 1.29 is 13.2 Å². The minimum absolute atomic E-state index is 0.0421. The van der Waals surface area contributed by atoms with Crippen molar-refractivity contribution in [1.29, 1.82) is 0 Å². The number of thiazole rings is 1. The summed E-state index contributed by atoms with van der Waals surface area (Å²) in [6.07, 6.45) is 0.496. The third-order valence-corrected chi connectivity index (χ3v) is 7.58. The van der Waals surface area contributed by atoms with Gasteiger partial charge in [-0.05, 0) is 31.9 Å². The van der Waals surface area contributed by atoms with Crippen molar-refractivity contribution in [2.24, 2.45) is 0 Å². The molecule has 0 bridgehead atoms. The van der Waals surface area contributed by atoms with E-state index < -0.39 is 9.84 Å². The minimum atomic E-state index is -3.07. The number of benzene rings is 1. The third-order valence-electron chi connectivity index (χ3n) is 4.84. The minimum Gasteiger partial charge on any atom is -0.296 e. The molecule has 3 heterocycles. The van der Waals surface area contributed by atoms with Crippen LogP contribution < -0.4 is 5.32 Å². The normalized spacial score (nSPS) is 18.3. The van der Waals surface area contributed by atoms with E-state index in [0.717, 1.165) is 21.8 Å². The first-order valence-electron chi connectivity index (χ1n) is 8.93. The monoisotopic (exact) mass is 416 g/mol. The smallest absolute Gasteiger partial charge is 0.277 e. The Labute approximate surface area is 167 Å². The lowest BCUT2D eigenvalue weighted by Crippen LogP contribution is -2.16. The Bertz CT molecular complexity index is 1110. The predicted molar refractivity (Wildman–Crippen MR) is 110 cm³/mol. The summed E-state index contributed by atoms with van der Waals surface area (Å²) in [4.78, 5) is 18.1. The first kappa shape index (κ1) is 18.8. The first-order valence-corrected chi connectivity index (χ1v) is 11.6. The standard InChI is InChI=1S/C19H20N4O3S2/c1-12-13(2)27-19(20-12)21-18(24)16-10-17(14-6-4-3-5-7-14)23(22-16)15-8-9-28(25,26)11-15/h3-7,10,15H,8-9,11H2,1-2H3,(H,20,21,24)/t15-/m0/s1. The summed E-state index contributed by atoms with van der Waals surface area (Å²) in [5.41, 5.74) is 2.75. The number of carbonyl (C=O) groups excluding carboxylic acids is 1. The molecule has 1 atom stereocenters. The largest absolute Gasteiger partial charge is 0.296 e. The molecular weight excluding hydrogens is 396 g/mol. The molecule has 9 heteroatoms. The molecule has 1 aliphatic heterocycles. The zero-order valence-corrected chi connectivity index (χ0v) is 17.2. The molecule has 1 amide bonds. The van der Waals surface area contributed by atoms with Crippen molar-refractivity contribution >= 4 is 32.2 Å². The van der Waals surface area contributed by atoms with Gasteiger partial charge in [0.2, 0.25) is 0 Å². The number of carbonyl (C=O) groups is 1. The van der Waals surface area contributed by atoms with Crippen LogP contribution in [0.4, 0.5) is 5.13 Å². The molecule has 0 aliphatic carbocycles. The Morgan fingerprint density at radius 3 is 2.61 bits per heavy atom. The van der Waals surface area contributed by atoms with Crippen molar-refractivity contribution in [2.75, 3.05) is 16.8 Å². The number of hydrogen-bond donors (Lipinski definition) is 1. The van der Waals surface area contributed by atoms with E-state index in [1.54, 1.807) is 10.7 Å². The van der Waals surface area contributed by atoms with Crippen LogP contribution in [0.3, 0.4) is 0 Å². The van der Waals surface area contributed by atoms with Gasteiger partial charge in [0.1, 0.15) is 0 Å². The van der Waals surface area contributed by atoms with Gasteiger partial charge in [0.25, 0.3) is 5.91 Å². The number of hydrogen-bond acceptors (Lipinski definition) is 6. The quantitative estimate of drug-likeness (QED) is 0.705. The summed E-state index contributed by atoms with van der Waals surface area (Å²) in [5, 5.41) is 7.80. The van der Waals surface area contributed by atoms with Crippen LogP contribution in [0.25, 0.3) is 11.3 Å². The van der Waals surface area contributed by atoms with Crippen LogP contribution in [0.15, 0.2) is 36.4 Å². The summed E-state index contributed by atoms with van der Waals surface area (Å²) in [5.74, 6) is -0.170. The van der Waals surface area contributed by atoms with Crippen molar-refractivity contribution in [3.05, 3.63) is 52.7 Å². The highest BCUT2D eigenvalue weighted by atomic mass is 32.2. The molecule has 0 saturated carbocycles. The molecule has 0 radical (unpaired) electrons. The van der Waals surface area contributed by atoms with Crippen molar-refractivity contribution in [3.63, 3.8) is 0 Å². The fourth-order valence-electron chi connectivity index (χ4n) is 3.26. The molecular formula is C19H20N4O3S2. The molecule has 28 heavy (non-hydrogen) atoms.